The van der Waals surface area contributed by atoms with Crippen LogP contribution in [0.15, 0.2) is 73.1 Å². The number of likely N-dealkylation sites (tertiary alicyclic amines) is 1. The van der Waals surface area contributed by atoms with Gasteiger partial charge in [0.25, 0.3) is 0 Å². The highest BCUT2D eigenvalue weighted by Gasteiger charge is 2.18. The highest BCUT2D eigenvalue weighted by atomic mass is 35.5. The fourth-order valence-electron chi connectivity index (χ4n) is 3.70. The molecular formula is C23H26ClN3. The van der Waals surface area contributed by atoms with Crippen LogP contribution in [0.4, 0.5) is 0 Å². The average Bonchev–Trinajstić information content (AvgIpc) is 3.24. The summed E-state index contributed by atoms with van der Waals surface area (Å²) in [6.45, 7) is 4.25. The number of piperidine rings is 1. The van der Waals surface area contributed by atoms with E-state index in [-0.39, 0.29) is 0 Å². The maximum absolute atomic E-state index is 5.97. The van der Waals surface area contributed by atoms with Crippen molar-refractivity contribution in [3.63, 3.8) is 0 Å². The monoisotopic (exact) mass is 379 g/mol. The molecule has 1 aliphatic heterocycles. The minimum atomic E-state index is 0.607. The second-order valence-electron chi connectivity index (χ2n) is 7.31. The van der Waals surface area contributed by atoms with Gasteiger partial charge < -0.3 is 9.88 Å². The zero-order chi connectivity index (χ0) is 18.5. The zero-order valence-corrected chi connectivity index (χ0v) is 16.3. The predicted molar refractivity (Wildman–Crippen MR) is 112 cm³/mol. The lowest BCUT2D eigenvalue weighted by atomic mass is 10.0. The number of halogens is 1. The summed E-state index contributed by atoms with van der Waals surface area (Å²) >= 11 is 5.97. The summed E-state index contributed by atoms with van der Waals surface area (Å²) in [5.41, 5.74) is 3.89. The summed E-state index contributed by atoms with van der Waals surface area (Å²) in [5, 5.41) is 4.54. The van der Waals surface area contributed by atoms with Gasteiger partial charge in [-0.3, -0.25) is 4.90 Å². The molecule has 1 fully saturated rings. The fourth-order valence-corrected chi connectivity index (χ4v) is 3.82. The number of aromatic nitrogens is 1. The maximum atomic E-state index is 5.97. The molecule has 0 amide bonds. The molecular weight excluding hydrogens is 354 g/mol. The highest BCUT2D eigenvalue weighted by Crippen LogP contribution is 2.17. The molecule has 27 heavy (non-hydrogen) atoms. The van der Waals surface area contributed by atoms with Gasteiger partial charge in [0.05, 0.1) is 0 Å². The number of benzene rings is 2. The van der Waals surface area contributed by atoms with E-state index in [1.807, 2.05) is 12.1 Å². The van der Waals surface area contributed by atoms with E-state index in [4.69, 9.17) is 11.6 Å². The molecule has 0 bridgehead atoms. The Hall–Kier alpha value is -2.07. The second-order valence-corrected chi connectivity index (χ2v) is 7.75. The Morgan fingerprint density at radius 3 is 2.15 bits per heavy atom. The lowest BCUT2D eigenvalue weighted by Crippen LogP contribution is -2.41. The first-order valence-electron chi connectivity index (χ1n) is 9.69. The Bertz CT molecular complexity index is 817. The summed E-state index contributed by atoms with van der Waals surface area (Å²) in [4.78, 5) is 2.54. The zero-order valence-electron chi connectivity index (χ0n) is 15.5. The van der Waals surface area contributed by atoms with Crippen LogP contribution in [0.2, 0.25) is 5.02 Å². The SMILES string of the molecule is Clc1ccc(CN2CCC(NCc3ccc(-n4cccc4)cc3)CC2)cc1. The quantitative estimate of drug-likeness (QED) is 0.658. The summed E-state index contributed by atoms with van der Waals surface area (Å²) in [6, 6.07) is 21.7. The third kappa shape index (κ3) is 5.01. The lowest BCUT2D eigenvalue weighted by Gasteiger charge is -2.32. The average molecular weight is 380 g/mol. The fraction of sp³-hybridized carbons (Fsp3) is 0.304. The second kappa shape index (κ2) is 8.75. The molecule has 3 aromatic rings. The van der Waals surface area contributed by atoms with Crippen LogP contribution in [-0.2, 0) is 13.1 Å². The first kappa shape index (κ1) is 18.3. The van der Waals surface area contributed by atoms with E-state index in [1.165, 1.54) is 29.7 Å². The van der Waals surface area contributed by atoms with E-state index in [0.29, 0.717) is 6.04 Å². The smallest absolute Gasteiger partial charge is 0.0449 e. The van der Waals surface area contributed by atoms with Crippen molar-refractivity contribution in [1.82, 2.24) is 14.8 Å². The van der Waals surface area contributed by atoms with Crippen molar-refractivity contribution in [3.8, 4) is 5.69 Å². The van der Waals surface area contributed by atoms with Crippen LogP contribution in [0, 0.1) is 0 Å². The van der Waals surface area contributed by atoms with Gasteiger partial charge in [0, 0.05) is 42.2 Å². The van der Waals surface area contributed by atoms with Gasteiger partial charge in [-0.05, 0) is 73.5 Å². The summed E-state index contributed by atoms with van der Waals surface area (Å²) in [6.07, 6.45) is 6.56. The molecule has 0 spiro atoms. The van der Waals surface area contributed by atoms with Gasteiger partial charge in [0.15, 0.2) is 0 Å². The molecule has 3 nitrogen and oxygen atoms in total. The van der Waals surface area contributed by atoms with E-state index in [9.17, 15) is 0 Å². The van der Waals surface area contributed by atoms with Gasteiger partial charge in [-0.1, -0.05) is 35.9 Å². The molecule has 0 atom stereocenters. The minimum Gasteiger partial charge on any atom is -0.324 e. The Labute approximate surface area is 166 Å². The van der Waals surface area contributed by atoms with Crippen LogP contribution < -0.4 is 5.32 Å². The van der Waals surface area contributed by atoms with Crippen molar-refractivity contribution in [2.45, 2.75) is 32.0 Å². The molecule has 4 rings (SSSR count). The predicted octanol–water partition coefficient (Wildman–Crippen LogP) is 4.88. The van der Waals surface area contributed by atoms with Gasteiger partial charge >= 0.3 is 0 Å². The van der Waals surface area contributed by atoms with Crippen molar-refractivity contribution in [2.75, 3.05) is 13.1 Å². The molecule has 1 N–H and O–H groups in total. The first-order valence-corrected chi connectivity index (χ1v) is 10.1. The van der Waals surface area contributed by atoms with Crippen LogP contribution in [-0.4, -0.2) is 28.6 Å². The van der Waals surface area contributed by atoms with Gasteiger partial charge in [0.2, 0.25) is 0 Å². The topological polar surface area (TPSA) is 20.2 Å². The van der Waals surface area contributed by atoms with Crippen molar-refractivity contribution < 1.29 is 0 Å². The van der Waals surface area contributed by atoms with Crippen LogP contribution >= 0.6 is 11.6 Å². The standard InChI is InChI=1S/C23H26ClN3/c24-21-7-3-20(4-8-21)18-26-15-11-22(12-16-26)25-17-19-5-9-23(10-6-19)27-13-1-2-14-27/h1-10,13-14,22,25H,11-12,15-18H2. The van der Waals surface area contributed by atoms with Gasteiger partial charge in [-0.2, -0.15) is 0 Å². The Balaban J connectivity index is 1.22. The summed E-state index contributed by atoms with van der Waals surface area (Å²) in [7, 11) is 0. The first-order chi connectivity index (χ1) is 13.3. The van der Waals surface area contributed by atoms with Crippen LogP contribution in [0.25, 0.3) is 5.69 Å². The lowest BCUT2D eigenvalue weighted by molar-refractivity contribution is 0.190. The van der Waals surface area contributed by atoms with E-state index >= 15 is 0 Å². The van der Waals surface area contributed by atoms with Crippen molar-refractivity contribution in [3.05, 3.63) is 89.2 Å². The molecule has 0 unspecified atom stereocenters. The summed E-state index contributed by atoms with van der Waals surface area (Å²) < 4.78 is 2.13. The summed E-state index contributed by atoms with van der Waals surface area (Å²) in [5.74, 6) is 0. The normalized spacial score (nSPS) is 15.9. The number of hydrogen-bond donors (Lipinski definition) is 1. The molecule has 140 valence electrons. The van der Waals surface area contributed by atoms with E-state index in [1.54, 1.807) is 0 Å². The van der Waals surface area contributed by atoms with Gasteiger partial charge in [-0.15, -0.1) is 0 Å². The molecule has 0 radical (unpaired) electrons. The maximum Gasteiger partial charge on any atom is 0.0449 e. The van der Waals surface area contributed by atoms with Crippen molar-refractivity contribution in [1.29, 1.82) is 0 Å². The van der Waals surface area contributed by atoms with E-state index in [0.717, 1.165) is 31.2 Å². The number of nitrogens with zero attached hydrogens (tertiary/aromatic N) is 2. The number of nitrogens with one attached hydrogen (secondary N) is 1. The molecule has 0 aliphatic carbocycles. The Morgan fingerprint density at radius 2 is 1.48 bits per heavy atom. The largest absolute Gasteiger partial charge is 0.324 e. The van der Waals surface area contributed by atoms with Gasteiger partial charge in [-0.25, -0.2) is 0 Å². The third-order valence-electron chi connectivity index (χ3n) is 5.34. The molecule has 2 aromatic carbocycles. The Kier molecular flexibility index (Phi) is 5.93. The van der Waals surface area contributed by atoms with E-state index < -0.39 is 0 Å². The van der Waals surface area contributed by atoms with E-state index in [2.05, 4.69) is 75.7 Å². The number of rotatable bonds is 6. The minimum absolute atomic E-state index is 0.607. The van der Waals surface area contributed by atoms with Crippen molar-refractivity contribution in [2.24, 2.45) is 0 Å². The highest BCUT2D eigenvalue weighted by molar-refractivity contribution is 6.30. The van der Waals surface area contributed by atoms with Crippen LogP contribution in [0.1, 0.15) is 24.0 Å². The third-order valence-corrected chi connectivity index (χ3v) is 5.59. The molecule has 1 aliphatic rings. The van der Waals surface area contributed by atoms with Crippen LogP contribution in [0.3, 0.4) is 0 Å². The molecule has 1 saturated heterocycles. The Morgan fingerprint density at radius 1 is 0.852 bits per heavy atom. The molecule has 1 aromatic heterocycles. The number of hydrogen-bond acceptors (Lipinski definition) is 2. The molecule has 4 heteroatoms. The molecule has 2 heterocycles. The van der Waals surface area contributed by atoms with Crippen LogP contribution in [0.5, 0.6) is 0 Å². The molecule has 0 saturated carbocycles. The van der Waals surface area contributed by atoms with Gasteiger partial charge in [0.1, 0.15) is 0 Å². The van der Waals surface area contributed by atoms with Crippen molar-refractivity contribution >= 4 is 11.6 Å².